The second-order valence-corrected chi connectivity index (χ2v) is 5.11. The van der Waals surface area contributed by atoms with E-state index < -0.39 is 0 Å². The molecule has 0 saturated carbocycles. The first-order valence-corrected chi connectivity index (χ1v) is 7.11. The number of hydrogen-bond donors (Lipinski definition) is 0. The summed E-state index contributed by atoms with van der Waals surface area (Å²) in [5.41, 5.74) is 1.56. The molecule has 5 heteroatoms. The lowest BCUT2D eigenvalue weighted by molar-refractivity contribution is 0.0839. The molecule has 3 rings (SSSR count). The Bertz CT molecular complexity index is 663. The molecule has 1 aliphatic rings. The average Bonchev–Trinajstić information content (AvgIpc) is 2.95. The SMILES string of the molecule is CCCn1cncc1C1CC(=O)c2ccc(OC)cc2O1. The van der Waals surface area contributed by atoms with Crippen LogP contribution in [0.3, 0.4) is 0 Å². The lowest BCUT2D eigenvalue weighted by Crippen LogP contribution is -2.22. The number of carbonyl (C=O) groups excluding carboxylic acids is 1. The smallest absolute Gasteiger partial charge is 0.170 e. The summed E-state index contributed by atoms with van der Waals surface area (Å²) in [6.45, 7) is 2.98. The summed E-state index contributed by atoms with van der Waals surface area (Å²) in [6.07, 6.45) is 4.63. The van der Waals surface area contributed by atoms with Crippen molar-refractivity contribution < 1.29 is 14.3 Å². The molecular formula is C16H18N2O3. The number of aromatic nitrogens is 2. The van der Waals surface area contributed by atoms with Crippen molar-refractivity contribution in [1.82, 2.24) is 9.55 Å². The van der Waals surface area contributed by atoms with Gasteiger partial charge in [0.15, 0.2) is 5.78 Å². The zero-order valence-electron chi connectivity index (χ0n) is 12.2. The molecule has 1 unspecified atom stereocenters. The fourth-order valence-corrected chi connectivity index (χ4v) is 2.62. The molecule has 1 aromatic heterocycles. The number of carbonyl (C=O) groups is 1. The van der Waals surface area contributed by atoms with Crippen molar-refractivity contribution in [3.8, 4) is 11.5 Å². The molecule has 2 heterocycles. The Morgan fingerprint density at radius 2 is 2.33 bits per heavy atom. The van der Waals surface area contributed by atoms with E-state index in [1.807, 2.05) is 4.57 Å². The highest BCUT2D eigenvalue weighted by Crippen LogP contribution is 2.36. The third kappa shape index (κ3) is 2.51. The fraction of sp³-hybridized carbons (Fsp3) is 0.375. The van der Waals surface area contributed by atoms with Crippen LogP contribution in [0.2, 0.25) is 0 Å². The first-order valence-electron chi connectivity index (χ1n) is 7.11. The summed E-state index contributed by atoms with van der Waals surface area (Å²) in [4.78, 5) is 16.5. The van der Waals surface area contributed by atoms with Gasteiger partial charge in [0, 0.05) is 12.6 Å². The van der Waals surface area contributed by atoms with Crippen LogP contribution >= 0.6 is 0 Å². The van der Waals surface area contributed by atoms with Crippen molar-refractivity contribution in [2.75, 3.05) is 7.11 Å². The van der Waals surface area contributed by atoms with Gasteiger partial charge in [-0.15, -0.1) is 0 Å². The van der Waals surface area contributed by atoms with Gasteiger partial charge in [0.2, 0.25) is 0 Å². The number of rotatable bonds is 4. The van der Waals surface area contributed by atoms with E-state index in [0.29, 0.717) is 23.5 Å². The molecule has 110 valence electrons. The number of methoxy groups -OCH3 is 1. The third-order valence-corrected chi connectivity index (χ3v) is 3.67. The number of fused-ring (bicyclic) bond motifs is 1. The molecule has 0 aliphatic carbocycles. The van der Waals surface area contributed by atoms with E-state index in [2.05, 4.69) is 11.9 Å². The minimum Gasteiger partial charge on any atom is -0.497 e. The lowest BCUT2D eigenvalue weighted by Gasteiger charge is -2.26. The van der Waals surface area contributed by atoms with Gasteiger partial charge in [-0.2, -0.15) is 0 Å². The topological polar surface area (TPSA) is 53.4 Å². The van der Waals surface area contributed by atoms with Gasteiger partial charge in [0.1, 0.15) is 17.6 Å². The standard InChI is InChI=1S/C16H18N2O3/c1-3-6-18-10-17-9-13(18)16-8-14(19)12-5-4-11(20-2)7-15(12)21-16/h4-5,7,9-10,16H,3,6,8H2,1-2H3. The van der Waals surface area contributed by atoms with Gasteiger partial charge in [-0.3, -0.25) is 4.79 Å². The Morgan fingerprint density at radius 3 is 3.10 bits per heavy atom. The molecule has 21 heavy (non-hydrogen) atoms. The molecular weight excluding hydrogens is 268 g/mol. The van der Waals surface area contributed by atoms with Crippen LogP contribution in [0, 0.1) is 0 Å². The van der Waals surface area contributed by atoms with E-state index in [1.54, 1.807) is 37.8 Å². The monoisotopic (exact) mass is 286 g/mol. The number of benzene rings is 1. The van der Waals surface area contributed by atoms with Crippen LogP contribution in [-0.2, 0) is 6.54 Å². The Balaban J connectivity index is 1.93. The molecule has 0 radical (unpaired) electrons. The molecule has 1 atom stereocenters. The average molecular weight is 286 g/mol. The van der Waals surface area contributed by atoms with Crippen LogP contribution in [0.1, 0.15) is 41.9 Å². The maximum Gasteiger partial charge on any atom is 0.170 e. The van der Waals surface area contributed by atoms with Crippen molar-refractivity contribution in [3.63, 3.8) is 0 Å². The Labute approximate surface area is 123 Å². The fourth-order valence-electron chi connectivity index (χ4n) is 2.62. The molecule has 0 N–H and O–H groups in total. The molecule has 1 aromatic carbocycles. The number of hydrogen-bond acceptors (Lipinski definition) is 4. The molecule has 5 nitrogen and oxygen atoms in total. The van der Waals surface area contributed by atoms with Crippen molar-refractivity contribution in [2.45, 2.75) is 32.4 Å². The van der Waals surface area contributed by atoms with Crippen molar-refractivity contribution in [1.29, 1.82) is 0 Å². The van der Waals surface area contributed by atoms with E-state index in [4.69, 9.17) is 9.47 Å². The second kappa shape index (κ2) is 5.60. The maximum absolute atomic E-state index is 12.3. The van der Waals surface area contributed by atoms with E-state index in [-0.39, 0.29) is 11.9 Å². The van der Waals surface area contributed by atoms with Crippen LogP contribution in [0.25, 0.3) is 0 Å². The Hall–Kier alpha value is -2.30. The van der Waals surface area contributed by atoms with Crippen LogP contribution in [0.5, 0.6) is 11.5 Å². The number of aryl methyl sites for hydroxylation is 1. The highest BCUT2D eigenvalue weighted by atomic mass is 16.5. The predicted octanol–water partition coefficient (Wildman–Crippen LogP) is 3.01. The number of imidazole rings is 1. The van der Waals surface area contributed by atoms with Crippen LogP contribution in [0.4, 0.5) is 0 Å². The zero-order valence-corrected chi connectivity index (χ0v) is 12.2. The van der Waals surface area contributed by atoms with Crippen LogP contribution in [0.15, 0.2) is 30.7 Å². The van der Waals surface area contributed by atoms with Crippen molar-refractivity contribution >= 4 is 5.78 Å². The summed E-state index contributed by atoms with van der Waals surface area (Å²) in [7, 11) is 1.60. The molecule has 2 aromatic rings. The summed E-state index contributed by atoms with van der Waals surface area (Å²) >= 11 is 0. The number of ether oxygens (including phenoxy) is 2. The van der Waals surface area contributed by atoms with E-state index >= 15 is 0 Å². The first-order chi connectivity index (χ1) is 10.2. The molecule has 0 bridgehead atoms. The summed E-state index contributed by atoms with van der Waals surface area (Å²) in [6, 6.07) is 5.30. The highest BCUT2D eigenvalue weighted by molar-refractivity contribution is 6.00. The second-order valence-electron chi connectivity index (χ2n) is 5.11. The van der Waals surface area contributed by atoms with Gasteiger partial charge in [-0.1, -0.05) is 6.92 Å². The van der Waals surface area contributed by atoms with E-state index in [1.165, 1.54) is 0 Å². The van der Waals surface area contributed by atoms with Crippen molar-refractivity contribution in [3.05, 3.63) is 42.0 Å². The summed E-state index contributed by atoms with van der Waals surface area (Å²) < 4.78 is 13.3. The molecule has 0 saturated heterocycles. The van der Waals surface area contributed by atoms with Gasteiger partial charge in [0.25, 0.3) is 0 Å². The molecule has 0 spiro atoms. The molecule has 0 fully saturated rings. The number of Topliss-reactive ketones (excluding diaryl/α,β-unsaturated/α-hetero) is 1. The maximum atomic E-state index is 12.3. The van der Waals surface area contributed by atoms with Gasteiger partial charge in [-0.05, 0) is 18.6 Å². The van der Waals surface area contributed by atoms with Gasteiger partial charge < -0.3 is 14.0 Å². The van der Waals surface area contributed by atoms with Gasteiger partial charge in [0.05, 0.1) is 37.3 Å². The van der Waals surface area contributed by atoms with Gasteiger partial charge >= 0.3 is 0 Å². The summed E-state index contributed by atoms with van der Waals surface area (Å²) in [5, 5.41) is 0. The minimum atomic E-state index is -0.286. The Kier molecular flexibility index (Phi) is 3.64. The normalized spacial score (nSPS) is 17.2. The number of ketones is 1. The van der Waals surface area contributed by atoms with E-state index in [0.717, 1.165) is 18.7 Å². The number of nitrogens with zero attached hydrogens (tertiary/aromatic N) is 2. The van der Waals surface area contributed by atoms with Crippen LogP contribution in [-0.4, -0.2) is 22.4 Å². The minimum absolute atomic E-state index is 0.0909. The summed E-state index contributed by atoms with van der Waals surface area (Å²) in [5.74, 6) is 1.36. The third-order valence-electron chi connectivity index (χ3n) is 3.67. The van der Waals surface area contributed by atoms with Crippen molar-refractivity contribution in [2.24, 2.45) is 0 Å². The lowest BCUT2D eigenvalue weighted by atomic mass is 9.99. The van der Waals surface area contributed by atoms with Gasteiger partial charge in [-0.25, -0.2) is 4.98 Å². The quantitative estimate of drug-likeness (QED) is 0.867. The largest absolute Gasteiger partial charge is 0.497 e. The Morgan fingerprint density at radius 1 is 1.48 bits per heavy atom. The zero-order chi connectivity index (χ0) is 14.8. The molecule has 0 amide bonds. The predicted molar refractivity (Wildman–Crippen MR) is 77.8 cm³/mol. The highest BCUT2D eigenvalue weighted by Gasteiger charge is 2.29. The molecule has 1 aliphatic heterocycles. The first kappa shape index (κ1) is 13.7. The van der Waals surface area contributed by atoms with Crippen LogP contribution < -0.4 is 9.47 Å². The van der Waals surface area contributed by atoms with E-state index in [9.17, 15) is 4.79 Å².